The lowest BCUT2D eigenvalue weighted by molar-refractivity contribution is -0.121. The van der Waals surface area contributed by atoms with Crippen LogP contribution in [0.25, 0.3) is 0 Å². The lowest BCUT2D eigenvalue weighted by atomic mass is 9.98. The number of ether oxygens (including phenoxy) is 2. The van der Waals surface area contributed by atoms with Gasteiger partial charge in [-0.2, -0.15) is 0 Å². The molecule has 1 aliphatic carbocycles. The second-order valence-electron chi connectivity index (χ2n) is 5.27. The Labute approximate surface area is 106 Å². The van der Waals surface area contributed by atoms with Crippen LogP contribution in [0.3, 0.4) is 0 Å². The van der Waals surface area contributed by atoms with Crippen LogP contribution in [0.5, 0.6) is 0 Å². The fourth-order valence-electron chi connectivity index (χ4n) is 2.91. The van der Waals surface area contributed by atoms with E-state index in [1.54, 1.807) is 14.2 Å². The molecule has 1 N–H and O–H groups in total. The van der Waals surface area contributed by atoms with Crippen LogP contribution in [-0.4, -0.2) is 32.6 Å². The third-order valence-electron chi connectivity index (χ3n) is 4.04. The Morgan fingerprint density at radius 1 is 1.12 bits per heavy atom. The molecule has 1 aliphatic rings. The minimum absolute atomic E-state index is 0.139. The fourth-order valence-corrected chi connectivity index (χ4v) is 2.91. The highest BCUT2D eigenvalue weighted by Crippen LogP contribution is 2.25. The molecule has 3 heteroatoms. The van der Waals surface area contributed by atoms with Gasteiger partial charge in [-0.1, -0.05) is 26.2 Å². The summed E-state index contributed by atoms with van der Waals surface area (Å²) >= 11 is 0. The van der Waals surface area contributed by atoms with E-state index >= 15 is 0 Å². The quantitative estimate of drug-likeness (QED) is 0.575. The summed E-state index contributed by atoms with van der Waals surface area (Å²) in [6.07, 6.45) is 7.91. The monoisotopic (exact) mass is 243 g/mol. The highest BCUT2D eigenvalue weighted by molar-refractivity contribution is 4.78. The van der Waals surface area contributed by atoms with E-state index < -0.39 is 0 Å². The molecule has 3 unspecified atom stereocenters. The van der Waals surface area contributed by atoms with E-state index in [0.717, 1.165) is 5.92 Å². The van der Waals surface area contributed by atoms with E-state index in [9.17, 15) is 0 Å². The van der Waals surface area contributed by atoms with Crippen molar-refractivity contribution in [2.75, 3.05) is 14.2 Å². The molecule has 3 nitrogen and oxygen atoms in total. The summed E-state index contributed by atoms with van der Waals surface area (Å²) in [6.45, 7) is 4.45. The van der Waals surface area contributed by atoms with Gasteiger partial charge in [-0.05, 0) is 32.1 Å². The molecule has 0 spiro atoms. The second kappa shape index (κ2) is 8.06. The molecule has 0 aromatic carbocycles. The van der Waals surface area contributed by atoms with Gasteiger partial charge in [0.1, 0.15) is 0 Å². The molecule has 0 aliphatic heterocycles. The zero-order valence-corrected chi connectivity index (χ0v) is 11.9. The summed E-state index contributed by atoms with van der Waals surface area (Å²) in [6, 6.07) is 0.891. The van der Waals surface area contributed by atoms with Crippen molar-refractivity contribution >= 4 is 0 Å². The maximum Gasteiger partial charge on any atom is 0.171 e. The van der Waals surface area contributed by atoms with Crippen molar-refractivity contribution in [3.63, 3.8) is 0 Å². The van der Waals surface area contributed by atoms with Gasteiger partial charge in [0.05, 0.1) is 6.04 Å². The Morgan fingerprint density at radius 3 is 2.41 bits per heavy atom. The summed E-state index contributed by atoms with van der Waals surface area (Å²) in [4.78, 5) is 0. The van der Waals surface area contributed by atoms with Gasteiger partial charge in [0.2, 0.25) is 0 Å². The van der Waals surface area contributed by atoms with Crippen molar-refractivity contribution in [1.82, 2.24) is 5.32 Å². The van der Waals surface area contributed by atoms with E-state index in [0.29, 0.717) is 6.04 Å². The summed E-state index contributed by atoms with van der Waals surface area (Å²) in [7, 11) is 3.40. The average molecular weight is 243 g/mol. The Balaban J connectivity index is 2.35. The minimum atomic E-state index is -0.139. The molecule has 1 fully saturated rings. The first kappa shape index (κ1) is 14.9. The molecular weight excluding hydrogens is 214 g/mol. The molecule has 3 atom stereocenters. The summed E-state index contributed by atoms with van der Waals surface area (Å²) < 4.78 is 10.6. The number of hydrogen-bond acceptors (Lipinski definition) is 3. The number of rotatable bonds is 6. The largest absolute Gasteiger partial charge is 0.354 e. The summed E-state index contributed by atoms with van der Waals surface area (Å²) in [5, 5.41) is 3.66. The Hall–Kier alpha value is -0.120. The normalized spacial score (nSPS) is 28.1. The van der Waals surface area contributed by atoms with Gasteiger partial charge >= 0.3 is 0 Å². The van der Waals surface area contributed by atoms with E-state index in [2.05, 4.69) is 19.2 Å². The molecule has 1 rings (SSSR count). The molecular formula is C14H29NO2. The third-order valence-corrected chi connectivity index (χ3v) is 4.04. The van der Waals surface area contributed by atoms with Crippen LogP contribution in [0.1, 0.15) is 52.4 Å². The smallest absolute Gasteiger partial charge is 0.171 e. The standard InChI is InChI=1S/C14H29NO2/c1-5-12-7-6-8-13(10-9-12)15-11(2)14(16-3)17-4/h11-15H,5-10H2,1-4H3. The minimum Gasteiger partial charge on any atom is -0.354 e. The molecule has 102 valence electrons. The third kappa shape index (κ3) is 4.94. The van der Waals surface area contributed by atoms with Crippen LogP contribution in [0, 0.1) is 5.92 Å². The lowest BCUT2D eigenvalue weighted by Crippen LogP contribution is -2.45. The van der Waals surface area contributed by atoms with Crippen molar-refractivity contribution in [2.45, 2.75) is 70.7 Å². The van der Waals surface area contributed by atoms with E-state index in [-0.39, 0.29) is 12.3 Å². The maximum atomic E-state index is 5.29. The molecule has 0 heterocycles. The second-order valence-corrected chi connectivity index (χ2v) is 5.27. The van der Waals surface area contributed by atoms with Crippen molar-refractivity contribution < 1.29 is 9.47 Å². The predicted octanol–water partition coefficient (Wildman–Crippen LogP) is 2.94. The zero-order chi connectivity index (χ0) is 12.7. The van der Waals surface area contributed by atoms with E-state index in [1.165, 1.54) is 38.5 Å². The number of methoxy groups -OCH3 is 2. The van der Waals surface area contributed by atoms with Gasteiger partial charge < -0.3 is 14.8 Å². The van der Waals surface area contributed by atoms with Crippen LogP contribution < -0.4 is 5.32 Å². The van der Waals surface area contributed by atoms with Crippen LogP contribution in [0.2, 0.25) is 0 Å². The van der Waals surface area contributed by atoms with Crippen LogP contribution >= 0.6 is 0 Å². The Morgan fingerprint density at radius 2 is 1.82 bits per heavy atom. The maximum absolute atomic E-state index is 5.29. The zero-order valence-electron chi connectivity index (χ0n) is 11.9. The van der Waals surface area contributed by atoms with Gasteiger partial charge in [-0.25, -0.2) is 0 Å². The Bertz CT molecular complexity index is 195. The van der Waals surface area contributed by atoms with Gasteiger partial charge in [-0.3, -0.25) is 0 Å². The number of nitrogens with one attached hydrogen (secondary N) is 1. The first-order chi connectivity index (χ1) is 8.21. The van der Waals surface area contributed by atoms with Crippen LogP contribution in [0.4, 0.5) is 0 Å². The molecule has 17 heavy (non-hydrogen) atoms. The summed E-state index contributed by atoms with van der Waals surface area (Å²) in [5.74, 6) is 0.942. The van der Waals surface area contributed by atoms with Crippen LogP contribution in [0.15, 0.2) is 0 Å². The molecule has 1 saturated carbocycles. The fraction of sp³-hybridized carbons (Fsp3) is 1.00. The molecule has 0 bridgehead atoms. The highest BCUT2D eigenvalue weighted by atomic mass is 16.7. The topological polar surface area (TPSA) is 30.5 Å². The lowest BCUT2D eigenvalue weighted by Gasteiger charge is -2.27. The summed E-state index contributed by atoms with van der Waals surface area (Å²) in [5.41, 5.74) is 0. The molecule has 0 aromatic heterocycles. The number of hydrogen-bond donors (Lipinski definition) is 1. The van der Waals surface area contributed by atoms with E-state index in [4.69, 9.17) is 9.47 Å². The molecule has 0 radical (unpaired) electrons. The van der Waals surface area contributed by atoms with Gasteiger partial charge in [0.15, 0.2) is 6.29 Å². The molecule has 0 amide bonds. The highest BCUT2D eigenvalue weighted by Gasteiger charge is 2.22. The van der Waals surface area contributed by atoms with Crippen molar-refractivity contribution in [1.29, 1.82) is 0 Å². The van der Waals surface area contributed by atoms with E-state index in [1.807, 2.05) is 0 Å². The van der Waals surface area contributed by atoms with Crippen molar-refractivity contribution in [3.05, 3.63) is 0 Å². The Kier molecular flexibility index (Phi) is 7.09. The van der Waals surface area contributed by atoms with Gasteiger partial charge in [0, 0.05) is 20.3 Å². The first-order valence-electron chi connectivity index (χ1n) is 7.02. The SMILES string of the molecule is CCC1CCCC(NC(C)C(OC)OC)CC1. The predicted molar refractivity (Wildman–Crippen MR) is 71.1 cm³/mol. The first-order valence-corrected chi connectivity index (χ1v) is 7.02. The van der Waals surface area contributed by atoms with Crippen LogP contribution in [-0.2, 0) is 9.47 Å². The molecule has 0 saturated heterocycles. The van der Waals surface area contributed by atoms with Gasteiger partial charge in [0.25, 0.3) is 0 Å². The van der Waals surface area contributed by atoms with Crippen molar-refractivity contribution in [2.24, 2.45) is 5.92 Å². The van der Waals surface area contributed by atoms with Crippen molar-refractivity contribution in [3.8, 4) is 0 Å². The molecule has 0 aromatic rings. The average Bonchev–Trinajstić information content (AvgIpc) is 2.56. The van der Waals surface area contributed by atoms with Gasteiger partial charge in [-0.15, -0.1) is 0 Å².